The van der Waals surface area contributed by atoms with Crippen LogP contribution in [-0.2, 0) is 16.0 Å². The van der Waals surface area contributed by atoms with Gasteiger partial charge in [0.15, 0.2) is 0 Å². The van der Waals surface area contributed by atoms with Gasteiger partial charge in [0.1, 0.15) is 5.75 Å². The lowest BCUT2D eigenvalue weighted by molar-refractivity contribution is -0.117. The van der Waals surface area contributed by atoms with E-state index in [1.54, 1.807) is 56.6 Å². The lowest BCUT2D eigenvalue weighted by Gasteiger charge is -2.20. The Hall–Kier alpha value is -3.35. The summed E-state index contributed by atoms with van der Waals surface area (Å²) in [4.78, 5) is 37.6. The number of nitrogens with zero attached hydrogens (tertiary/aromatic N) is 1. The first-order valence-corrected chi connectivity index (χ1v) is 8.58. The van der Waals surface area contributed by atoms with Crippen LogP contribution < -0.4 is 15.4 Å². The number of rotatable bonds is 5. The van der Waals surface area contributed by atoms with Gasteiger partial charge in [-0.2, -0.15) is 0 Å². The number of carbonyl (C=O) groups is 3. The number of aryl methyl sites for hydroxylation is 1. The average molecular weight is 367 g/mol. The predicted molar refractivity (Wildman–Crippen MR) is 102 cm³/mol. The molecule has 0 saturated heterocycles. The van der Waals surface area contributed by atoms with Gasteiger partial charge in [-0.3, -0.25) is 14.4 Å². The standard InChI is InChI=1S/C20H21N3O4/c1-23(12-19(25)21-15-5-7-16(27-2)8-6-15)20(26)14-3-9-17-13(11-14)4-10-18(24)22-17/h3,5-9,11H,4,10,12H2,1-2H3,(H,21,25)(H,22,24). The predicted octanol–water partition coefficient (Wildman–Crippen LogP) is 2.29. The van der Waals surface area contributed by atoms with Crippen molar-refractivity contribution in [2.24, 2.45) is 0 Å². The molecule has 27 heavy (non-hydrogen) atoms. The van der Waals surface area contributed by atoms with Crippen LogP contribution in [0.3, 0.4) is 0 Å². The maximum Gasteiger partial charge on any atom is 0.254 e. The number of ether oxygens (including phenoxy) is 1. The zero-order valence-corrected chi connectivity index (χ0v) is 15.2. The molecule has 2 N–H and O–H groups in total. The SMILES string of the molecule is COc1ccc(NC(=O)CN(C)C(=O)c2ccc3c(c2)CCC(=O)N3)cc1. The van der Waals surface area contributed by atoms with E-state index in [1.807, 2.05) is 0 Å². The van der Waals surface area contributed by atoms with Crippen LogP contribution in [0.5, 0.6) is 5.75 Å². The summed E-state index contributed by atoms with van der Waals surface area (Å²) in [5.41, 5.74) is 2.79. The highest BCUT2D eigenvalue weighted by Crippen LogP contribution is 2.24. The molecule has 2 aromatic rings. The molecule has 0 atom stereocenters. The van der Waals surface area contributed by atoms with Crippen molar-refractivity contribution in [2.45, 2.75) is 12.8 Å². The second-order valence-corrected chi connectivity index (χ2v) is 6.36. The summed E-state index contributed by atoms with van der Waals surface area (Å²) in [6.45, 7) is -0.0708. The van der Waals surface area contributed by atoms with Crippen molar-refractivity contribution in [3.05, 3.63) is 53.6 Å². The van der Waals surface area contributed by atoms with Gasteiger partial charge in [0.25, 0.3) is 5.91 Å². The third kappa shape index (κ3) is 4.44. The molecule has 0 spiro atoms. The van der Waals surface area contributed by atoms with Gasteiger partial charge in [-0.1, -0.05) is 0 Å². The van der Waals surface area contributed by atoms with Gasteiger partial charge in [-0.15, -0.1) is 0 Å². The molecule has 3 rings (SSSR count). The molecule has 7 heteroatoms. The van der Waals surface area contributed by atoms with Crippen LogP contribution in [0.4, 0.5) is 11.4 Å². The molecular formula is C20H21N3O4. The Bertz CT molecular complexity index is 877. The Morgan fingerprint density at radius 3 is 2.59 bits per heavy atom. The third-order valence-corrected chi connectivity index (χ3v) is 4.35. The van der Waals surface area contributed by atoms with Gasteiger partial charge in [-0.25, -0.2) is 0 Å². The van der Waals surface area contributed by atoms with Crippen LogP contribution in [0.2, 0.25) is 0 Å². The fourth-order valence-corrected chi connectivity index (χ4v) is 2.90. The summed E-state index contributed by atoms with van der Waals surface area (Å²) in [6.07, 6.45) is 1.01. The molecule has 3 amide bonds. The third-order valence-electron chi connectivity index (χ3n) is 4.35. The fraction of sp³-hybridized carbons (Fsp3) is 0.250. The van der Waals surface area contributed by atoms with E-state index in [9.17, 15) is 14.4 Å². The normalized spacial score (nSPS) is 12.6. The first-order chi connectivity index (χ1) is 13.0. The molecule has 1 aliphatic rings. The molecule has 1 heterocycles. The molecule has 0 saturated carbocycles. The van der Waals surface area contributed by atoms with Crippen LogP contribution in [0.1, 0.15) is 22.3 Å². The van der Waals surface area contributed by atoms with Gasteiger partial charge >= 0.3 is 0 Å². The van der Waals surface area contributed by atoms with Gasteiger partial charge < -0.3 is 20.3 Å². The number of likely N-dealkylation sites (N-methyl/N-ethyl adjacent to an activating group) is 1. The zero-order valence-electron chi connectivity index (χ0n) is 15.2. The molecule has 0 unspecified atom stereocenters. The van der Waals surface area contributed by atoms with Crippen LogP contribution in [0.25, 0.3) is 0 Å². The van der Waals surface area contributed by atoms with E-state index >= 15 is 0 Å². The summed E-state index contributed by atoms with van der Waals surface area (Å²) in [5, 5.41) is 5.54. The molecule has 0 aromatic heterocycles. The van der Waals surface area contributed by atoms with Gasteiger partial charge in [-0.05, 0) is 54.4 Å². The summed E-state index contributed by atoms with van der Waals surface area (Å²) < 4.78 is 5.08. The monoisotopic (exact) mass is 367 g/mol. The van der Waals surface area contributed by atoms with Crippen molar-refractivity contribution in [1.29, 1.82) is 0 Å². The highest BCUT2D eigenvalue weighted by molar-refractivity contribution is 6.00. The highest BCUT2D eigenvalue weighted by Gasteiger charge is 2.19. The van der Waals surface area contributed by atoms with Crippen molar-refractivity contribution >= 4 is 29.1 Å². The Labute approximate surface area is 157 Å². The molecule has 0 radical (unpaired) electrons. The number of carbonyl (C=O) groups excluding carboxylic acids is 3. The molecule has 1 aliphatic heterocycles. The zero-order chi connectivity index (χ0) is 19.4. The van der Waals surface area contributed by atoms with E-state index in [-0.39, 0.29) is 24.3 Å². The summed E-state index contributed by atoms with van der Waals surface area (Å²) in [6, 6.07) is 12.1. The highest BCUT2D eigenvalue weighted by atomic mass is 16.5. The number of methoxy groups -OCH3 is 1. The summed E-state index contributed by atoms with van der Waals surface area (Å²) in [5.74, 6) is 0.138. The second kappa shape index (κ2) is 7.90. The maximum absolute atomic E-state index is 12.6. The number of hydrogen-bond donors (Lipinski definition) is 2. The van der Waals surface area contributed by atoms with Gasteiger partial charge in [0.2, 0.25) is 11.8 Å². The Morgan fingerprint density at radius 2 is 1.89 bits per heavy atom. The number of benzene rings is 2. The van der Waals surface area contributed by atoms with E-state index in [0.717, 1.165) is 11.3 Å². The number of nitrogens with one attached hydrogen (secondary N) is 2. The minimum Gasteiger partial charge on any atom is -0.497 e. The fourth-order valence-electron chi connectivity index (χ4n) is 2.90. The Kier molecular flexibility index (Phi) is 5.40. The van der Waals surface area contributed by atoms with Crippen LogP contribution in [0.15, 0.2) is 42.5 Å². The smallest absolute Gasteiger partial charge is 0.254 e. The lowest BCUT2D eigenvalue weighted by Crippen LogP contribution is -2.35. The maximum atomic E-state index is 12.6. The van der Waals surface area contributed by atoms with E-state index in [2.05, 4.69) is 10.6 Å². The van der Waals surface area contributed by atoms with E-state index < -0.39 is 0 Å². The largest absolute Gasteiger partial charge is 0.497 e. The molecule has 0 fully saturated rings. The molecule has 0 bridgehead atoms. The van der Waals surface area contributed by atoms with Crippen molar-refractivity contribution in [2.75, 3.05) is 31.3 Å². The van der Waals surface area contributed by atoms with Gasteiger partial charge in [0.05, 0.1) is 13.7 Å². The quantitative estimate of drug-likeness (QED) is 0.849. The van der Waals surface area contributed by atoms with Crippen LogP contribution in [0, 0.1) is 0 Å². The molecule has 2 aromatic carbocycles. The number of fused-ring (bicyclic) bond motifs is 1. The van der Waals surface area contributed by atoms with E-state index in [1.165, 1.54) is 4.90 Å². The van der Waals surface area contributed by atoms with E-state index in [0.29, 0.717) is 29.8 Å². The van der Waals surface area contributed by atoms with Crippen molar-refractivity contribution < 1.29 is 19.1 Å². The van der Waals surface area contributed by atoms with E-state index in [4.69, 9.17) is 4.74 Å². The molecule has 140 valence electrons. The molecular weight excluding hydrogens is 346 g/mol. The minimum absolute atomic E-state index is 0.0195. The Balaban J connectivity index is 1.61. The average Bonchev–Trinajstić information content (AvgIpc) is 2.67. The van der Waals surface area contributed by atoms with Crippen LogP contribution in [-0.4, -0.2) is 43.3 Å². The number of hydrogen-bond acceptors (Lipinski definition) is 4. The van der Waals surface area contributed by atoms with Crippen molar-refractivity contribution in [3.8, 4) is 5.75 Å². The molecule has 7 nitrogen and oxygen atoms in total. The molecule has 0 aliphatic carbocycles. The van der Waals surface area contributed by atoms with Crippen molar-refractivity contribution in [1.82, 2.24) is 4.90 Å². The summed E-state index contributed by atoms with van der Waals surface area (Å²) in [7, 11) is 3.15. The topological polar surface area (TPSA) is 87.7 Å². The van der Waals surface area contributed by atoms with Crippen LogP contribution >= 0.6 is 0 Å². The number of anilines is 2. The first-order valence-electron chi connectivity index (χ1n) is 8.58. The van der Waals surface area contributed by atoms with Crippen molar-refractivity contribution in [3.63, 3.8) is 0 Å². The number of amides is 3. The Morgan fingerprint density at radius 1 is 1.15 bits per heavy atom. The second-order valence-electron chi connectivity index (χ2n) is 6.36. The van der Waals surface area contributed by atoms with Gasteiger partial charge in [0, 0.05) is 30.4 Å². The lowest BCUT2D eigenvalue weighted by atomic mass is 10.00. The first kappa shape index (κ1) is 18.4. The minimum atomic E-state index is -0.291. The summed E-state index contributed by atoms with van der Waals surface area (Å²) >= 11 is 0.